The Kier molecular flexibility index (Phi) is 37.3. The van der Waals surface area contributed by atoms with Gasteiger partial charge in [0.25, 0.3) is 0 Å². The van der Waals surface area contributed by atoms with E-state index in [4.69, 9.17) is 22.4 Å². The smallest absolute Gasteiger partial charge is 0.123 e. The van der Waals surface area contributed by atoms with Crippen molar-refractivity contribution in [2.75, 3.05) is 0 Å². The molecule has 0 N–H and O–H groups in total. The lowest BCUT2D eigenvalue weighted by Gasteiger charge is -2.17. The predicted octanol–water partition coefficient (Wildman–Crippen LogP) is 0.928. The van der Waals surface area contributed by atoms with Crippen molar-refractivity contribution in [3.63, 3.8) is 0 Å². The monoisotopic (exact) mass is 851 g/mol. The lowest BCUT2D eigenvalue weighted by molar-refractivity contribution is -0.113. The molecule has 1 rings (SSSR count). The van der Waals surface area contributed by atoms with Crippen molar-refractivity contribution in [1.82, 2.24) is 0 Å². The van der Waals surface area contributed by atoms with E-state index in [1.165, 1.54) is 24.2 Å². The highest BCUT2D eigenvalue weighted by molar-refractivity contribution is 8.79. The van der Waals surface area contributed by atoms with Gasteiger partial charge in [0.1, 0.15) is 6.29 Å². The number of carbonyl (C=O) groups excluding carboxylic acids is 1. The van der Waals surface area contributed by atoms with E-state index in [2.05, 4.69) is 0 Å². The molecule has 0 aromatic heterocycles. The Morgan fingerprint density at radius 2 is 0.700 bits per heavy atom. The molecule has 0 aromatic carbocycles. The van der Waals surface area contributed by atoms with Crippen LogP contribution >= 0.6 is 0 Å². The number of rotatable bonds is 1. The molecule has 0 bridgehead atoms. The van der Waals surface area contributed by atoms with Gasteiger partial charge in [-0.05, 0) is 12.8 Å². The highest BCUT2D eigenvalue weighted by Gasteiger charge is 2.14. The molecule has 1 saturated carbocycles. The summed E-state index contributed by atoms with van der Waals surface area (Å²) in [5.41, 5.74) is 0. The molecule has 0 saturated heterocycles. The number of hydrogen-bond acceptors (Lipinski definition) is 3. The topological polar surface area (TPSA) is 17.1 Å². The number of aldehydes is 1. The summed E-state index contributed by atoms with van der Waals surface area (Å²) in [5, 5.41) is 0. The van der Waals surface area contributed by atoms with Crippen molar-refractivity contribution in [3.8, 4) is 0 Å². The minimum Gasteiger partial charge on any atom is -0.303 e. The molecule has 0 aliphatic heterocycles. The Morgan fingerprint density at radius 3 is 0.800 bits per heavy atom. The molecular weight excluding hydrogens is 846 g/mol. The van der Waals surface area contributed by atoms with Gasteiger partial charge in [0.2, 0.25) is 0 Å². The van der Waals surface area contributed by atoms with Gasteiger partial charge in [0, 0.05) is 224 Å². The fourth-order valence-corrected chi connectivity index (χ4v) is 55.7. The SMILES string of the molecule is O=CC1CCC1.S=S=S=S=S=S=S=S=S=S=S=S=S=S=S=S=S=S=S=S=S=S=S=S. The molecule has 0 aromatic rings. The van der Waals surface area contributed by atoms with Crippen LogP contribution < -0.4 is 0 Å². The van der Waals surface area contributed by atoms with Crippen LogP contribution in [0.4, 0.5) is 0 Å². The minimum atomic E-state index is 0.435. The molecular formula is C5H8OS24. The Labute approximate surface area is 248 Å². The van der Waals surface area contributed by atoms with Crippen LogP contribution in [0.1, 0.15) is 19.3 Å². The van der Waals surface area contributed by atoms with Gasteiger partial charge >= 0.3 is 0 Å². The summed E-state index contributed by atoms with van der Waals surface area (Å²) in [4.78, 5) is 9.79. The van der Waals surface area contributed by atoms with Crippen LogP contribution in [0.25, 0.3) is 0 Å². The van der Waals surface area contributed by atoms with Gasteiger partial charge in [-0.25, -0.2) is 0 Å². The van der Waals surface area contributed by atoms with E-state index in [-0.39, 0.29) is 0 Å². The van der Waals surface area contributed by atoms with E-state index in [0.29, 0.717) is 5.92 Å². The third kappa shape index (κ3) is 29.2. The predicted molar refractivity (Wildman–Crippen MR) is 200 cm³/mol. The molecule has 1 aliphatic rings. The zero-order chi connectivity index (χ0) is 22.0. The zero-order valence-electron chi connectivity index (χ0n) is 13.5. The van der Waals surface area contributed by atoms with Gasteiger partial charge in [0.15, 0.2) is 0 Å². The van der Waals surface area contributed by atoms with Gasteiger partial charge < -0.3 is 4.79 Å². The van der Waals surface area contributed by atoms with Crippen LogP contribution in [0, 0.1) is 5.92 Å². The molecule has 0 atom stereocenters. The second-order valence-electron chi connectivity index (χ2n) is 3.32. The van der Waals surface area contributed by atoms with Crippen LogP contribution in [0.5, 0.6) is 0 Å². The average Bonchev–Trinajstić information content (AvgIpc) is 2.72. The summed E-state index contributed by atoms with van der Waals surface area (Å²) in [6.45, 7) is 0. The highest BCUT2D eigenvalue weighted by atomic mass is 33.5. The van der Waals surface area contributed by atoms with Crippen LogP contribution in [0.2, 0.25) is 0 Å². The van der Waals surface area contributed by atoms with Crippen LogP contribution in [-0.2, 0) is 223 Å². The molecule has 0 unspecified atom stereocenters. The van der Waals surface area contributed by atoms with Crippen molar-refractivity contribution < 1.29 is 4.79 Å². The highest BCUT2D eigenvalue weighted by Crippen LogP contribution is 2.23. The molecule has 30 heavy (non-hydrogen) atoms. The third-order valence-electron chi connectivity index (χ3n) is 1.93. The molecule has 0 spiro atoms. The molecule has 1 nitrogen and oxygen atoms in total. The summed E-state index contributed by atoms with van der Waals surface area (Å²) in [5.74, 6) is 0.435. The van der Waals surface area contributed by atoms with Gasteiger partial charge in [-0.15, -0.1) is 0 Å². The van der Waals surface area contributed by atoms with E-state index in [0.717, 1.165) is 19.1 Å². The second-order valence-corrected chi connectivity index (χ2v) is 42.2. The lowest BCUT2D eigenvalue weighted by Crippen LogP contribution is -2.10. The van der Waals surface area contributed by atoms with Gasteiger partial charge in [0.05, 0.1) is 0 Å². The summed E-state index contributed by atoms with van der Waals surface area (Å²) < 4.78 is 0. The summed E-state index contributed by atoms with van der Waals surface area (Å²) >= 11 is 9.54. The van der Waals surface area contributed by atoms with Gasteiger partial charge in [-0.1, -0.05) is 6.42 Å². The molecule has 1 fully saturated rings. The first-order valence-corrected chi connectivity index (χ1v) is 36.9. The van der Waals surface area contributed by atoms with Crippen molar-refractivity contribution in [2.45, 2.75) is 19.3 Å². The van der Waals surface area contributed by atoms with Crippen molar-refractivity contribution in [3.05, 3.63) is 0 Å². The number of hydrogen-bond donors (Lipinski definition) is 0. The minimum absolute atomic E-state index is 0.435. The van der Waals surface area contributed by atoms with E-state index in [1.54, 1.807) is 142 Å². The largest absolute Gasteiger partial charge is 0.303 e. The molecule has 178 valence electrons. The fraction of sp³-hybridized carbons (Fsp3) is 0.800. The van der Waals surface area contributed by atoms with E-state index >= 15 is 0 Å². The zero-order valence-corrected chi connectivity index (χ0v) is 33.1. The summed E-state index contributed by atoms with van der Waals surface area (Å²) in [6, 6.07) is 0. The van der Waals surface area contributed by atoms with Crippen molar-refractivity contribution in [1.29, 1.82) is 0 Å². The lowest BCUT2D eigenvalue weighted by atomic mass is 9.87. The third-order valence-corrected chi connectivity index (χ3v) is 48.6. The first-order chi connectivity index (χ1) is 14.8. The maximum Gasteiger partial charge on any atom is 0.123 e. The molecule has 25 heteroatoms. The van der Waals surface area contributed by atoms with E-state index in [9.17, 15) is 4.79 Å². The molecule has 0 radical (unpaired) electrons. The maximum atomic E-state index is 9.79. The second kappa shape index (κ2) is 32.0. The summed E-state index contributed by atoms with van der Waals surface area (Å²) in [7, 11) is 38.1. The van der Waals surface area contributed by atoms with Crippen LogP contribution in [-0.4, -0.2) is 6.29 Å². The van der Waals surface area contributed by atoms with Crippen LogP contribution in [0.15, 0.2) is 0 Å². The Bertz CT molecular complexity index is 1390. The van der Waals surface area contributed by atoms with Crippen molar-refractivity contribution in [2.24, 2.45) is 5.92 Å². The van der Waals surface area contributed by atoms with Crippen molar-refractivity contribution >= 4 is 224 Å². The Morgan fingerprint density at radius 1 is 0.467 bits per heavy atom. The fourth-order valence-electron chi connectivity index (χ4n) is 0.803. The average molecular weight is 854 g/mol. The Balaban J connectivity index is 0.00000118. The normalized spacial score (nSPS) is 10.5. The molecule has 1 aliphatic carbocycles. The van der Waals surface area contributed by atoms with E-state index < -0.39 is 0 Å². The molecule has 0 heterocycles. The first-order valence-electron chi connectivity index (χ1n) is 6.22. The molecule has 0 amide bonds. The quantitative estimate of drug-likeness (QED) is 0.366. The van der Waals surface area contributed by atoms with Gasteiger partial charge in [-0.3, -0.25) is 0 Å². The van der Waals surface area contributed by atoms with Crippen LogP contribution in [0.3, 0.4) is 0 Å². The Hall–Kier alpha value is 4.95. The van der Waals surface area contributed by atoms with E-state index in [1.807, 2.05) is 35.5 Å². The first kappa shape index (κ1) is 35.0. The standard InChI is InChI=1S/C5H8O.S24/c6-4-5-2-1-3-5;1-3-5-7-9-11-13-15-17-19-21-23-24-22-20-18-16-14-12-10-8-6-4-2/h4-5H,1-3H2;. The van der Waals surface area contributed by atoms with Gasteiger partial charge in [-0.2, -0.15) is 0 Å². The maximum absolute atomic E-state index is 9.79. The summed E-state index contributed by atoms with van der Waals surface area (Å²) in [6.07, 6.45) is 4.61. The number of carbonyl (C=O) groups is 1.